The fourth-order valence-electron chi connectivity index (χ4n) is 1.97. The van der Waals surface area contributed by atoms with Crippen LogP contribution in [0.25, 0.3) is 0 Å². The zero-order valence-corrected chi connectivity index (χ0v) is 10.3. The summed E-state index contributed by atoms with van der Waals surface area (Å²) in [5.41, 5.74) is 0. The molecule has 1 saturated heterocycles. The highest BCUT2D eigenvalue weighted by Crippen LogP contribution is 2.18. The number of hydrogen-bond donors (Lipinski definition) is 1. The minimum Gasteiger partial charge on any atom is -0.354 e. The number of nitrogens with one attached hydrogen (secondary N) is 1. The second-order valence-corrected chi connectivity index (χ2v) is 6.54. The van der Waals surface area contributed by atoms with Crippen molar-refractivity contribution in [1.29, 1.82) is 0 Å². The van der Waals surface area contributed by atoms with E-state index in [-0.39, 0.29) is 23.3 Å². The standard InChI is InChI=1S/C11H16N2O3S/c14-11(10-3-8-17(15,16)9-10)12-4-7-13-5-1-2-6-13/h1-2,5-6,10H,3-4,7-9H2,(H,12,14)/t10-/m1/s1. The molecule has 0 bridgehead atoms. The van der Waals surface area contributed by atoms with Crippen LogP contribution in [0.4, 0.5) is 0 Å². The molecular formula is C11H16N2O3S. The molecule has 1 aromatic heterocycles. The fraction of sp³-hybridized carbons (Fsp3) is 0.545. The van der Waals surface area contributed by atoms with Gasteiger partial charge in [0.25, 0.3) is 0 Å². The van der Waals surface area contributed by atoms with Crippen LogP contribution in [0.2, 0.25) is 0 Å². The molecule has 5 nitrogen and oxygen atoms in total. The van der Waals surface area contributed by atoms with Gasteiger partial charge in [0.1, 0.15) is 0 Å². The largest absolute Gasteiger partial charge is 0.354 e. The van der Waals surface area contributed by atoms with Crippen molar-refractivity contribution in [3.05, 3.63) is 24.5 Å². The molecule has 17 heavy (non-hydrogen) atoms. The van der Waals surface area contributed by atoms with E-state index in [1.807, 2.05) is 29.1 Å². The number of nitrogens with zero attached hydrogens (tertiary/aromatic N) is 1. The molecule has 1 amide bonds. The van der Waals surface area contributed by atoms with Crippen LogP contribution in [-0.4, -0.2) is 36.9 Å². The Morgan fingerprint density at radius 3 is 2.65 bits per heavy atom. The van der Waals surface area contributed by atoms with E-state index in [0.29, 0.717) is 19.5 Å². The molecule has 0 unspecified atom stereocenters. The van der Waals surface area contributed by atoms with E-state index < -0.39 is 9.84 Å². The zero-order valence-electron chi connectivity index (χ0n) is 9.50. The molecular weight excluding hydrogens is 240 g/mol. The molecule has 1 aliphatic heterocycles. The summed E-state index contributed by atoms with van der Waals surface area (Å²) in [7, 11) is -2.97. The first-order valence-corrected chi connectivity index (χ1v) is 7.48. The van der Waals surface area contributed by atoms with Gasteiger partial charge in [0.05, 0.1) is 17.4 Å². The molecule has 2 rings (SSSR count). The number of amides is 1. The number of carbonyl (C=O) groups is 1. The number of sulfone groups is 1. The third-order valence-corrected chi connectivity index (χ3v) is 4.71. The van der Waals surface area contributed by atoms with Crippen molar-refractivity contribution in [3.63, 3.8) is 0 Å². The van der Waals surface area contributed by atoms with E-state index in [1.54, 1.807) is 0 Å². The average Bonchev–Trinajstić information content (AvgIpc) is 2.87. The Bertz CT molecular complexity index is 479. The predicted molar refractivity (Wildman–Crippen MR) is 64.2 cm³/mol. The lowest BCUT2D eigenvalue weighted by atomic mass is 10.1. The topological polar surface area (TPSA) is 68.2 Å². The van der Waals surface area contributed by atoms with E-state index >= 15 is 0 Å². The summed E-state index contributed by atoms with van der Waals surface area (Å²) >= 11 is 0. The van der Waals surface area contributed by atoms with Crippen molar-refractivity contribution in [2.24, 2.45) is 5.92 Å². The smallest absolute Gasteiger partial charge is 0.224 e. The van der Waals surface area contributed by atoms with Gasteiger partial charge >= 0.3 is 0 Å². The van der Waals surface area contributed by atoms with Gasteiger partial charge in [-0.05, 0) is 18.6 Å². The van der Waals surface area contributed by atoms with Crippen LogP contribution in [0.3, 0.4) is 0 Å². The maximum atomic E-state index is 11.7. The highest BCUT2D eigenvalue weighted by molar-refractivity contribution is 7.91. The first-order valence-electron chi connectivity index (χ1n) is 5.66. The first-order chi connectivity index (χ1) is 8.07. The van der Waals surface area contributed by atoms with Crippen molar-refractivity contribution in [2.75, 3.05) is 18.1 Å². The van der Waals surface area contributed by atoms with Crippen molar-refractivity contribution in [1.82, 2.24) is 9.88 Å². The summed E-state index contributed by atoms with van der Waals surface area (Å²) < 4.78 is 24.4. The summed E-state index contributed by atoms with van der Waals surface area (Å²) in [4.78, 5) is 11.7. The molecule has 2 heterocycles. The van der Waals surface area contributed by atoms with Gasteiger partial charge in [-0.15, -0.1) is 0 Å². The van der Waals surface area contributed by atoms with Crippen molar-refractivity contribution >= 4 is 15.7 Å². The Hall–Kier alpha value is -1.30. The average molecular weight is 256 g/mol. The number of aromatic nitrogens is 1. The zero-order chi connectivity index (χ0) is 12.3. The number of hydrogen-bond acceptors (Lipinski definition) is 3. The Morgan fingerprint density at radius 2 is 2.06 bits per heavy atom. The lowest BCUT2D eigenvalue weighted by Gasteiger charge is -2.09. The Kier molecular flexibility index (Phi) is 3.51. The van der Waals surface area contributed by atoms with E-state index in [0.717, 1.165) is 0 Å². The minimum absolute atomic E-state index is 0.00233. The predicted octanol–water partition coefficient (Wildman–Crippen LogP) is 0.0390. The molecule has 94 valence electrons. The van der Waals surface area contributed by atoms with E-state index in [9.17, 15) is 13.2 Å². The number of rotatable bonds is 4. The second kappa shape index (κ2) is 4.91. The van der Waals surface area contributed by atoms with Gasteiger partial charge in [0, 0.05) is 25.5 Å². The molecule has 0 spiro atoms. The second-order valence-electron chi connectivity index (χ2n) is 4.31. The highest BCUT2D eigenvalue weighted by atomic mass is 32.2. The SMILES string of the molecule is O=C(NCCn1cccc1)[C@@H]1CCS(=O)(=O)C1. The molecule has 6 heteroatoms. The number of carbonyl (C=O) groups excluding carboxylic acids is 1. The Balaban J connectivity index is 1.75. The maximum absolute atomic E-state index is 11.7. The summed E-state index contributed by atoms with van der Waals surface area (Å²) in [5.74, 6) is -0.353. The van der Waals surface area contributed by atoms with Gasteiger partial charge in [-0.25, -0.2) is 8.42 Å². The van der Waals surface area contributed by atoms with E-state index in [4.69, 9.17) is 0 Å². The van der Waals surface area contributed by atoms with Crippen LogP contribution in [-0.2, 0) is 21.2 Å². The van der Waals surface area contributed by atoms with Crippen LogP contribution < -0.4 is 5.32 Å². The van der Waals surface area contributed by atoms with E-state index in [1.165, 1.54) is 0 Å². The molecule has 0 radical (unpaired) electrons. The van der Waals surface area contributed by atoms with Crippen molar-refractivity contribution in [2.45, 2.75) is 13.0 Å². The molecule has 0 aromatic carbocycles. The lowest BCUT2D eigenvalue weighted by molar-refractivity contribution is -0.124. The van der Waals surface area contributed by atoms with Crippen molar-refractivity contribution < 1.29 is 13.2 Å². The summed E-state index contributed by atoms with van der Waals surface area (Å²) in [6, 6.07) is 3.84. The quantitative estimate of drug-likeness (QED) is 0.827. The fourth-order valence-corrected chi connectivity index (χ4v) is 3.71. The molecule has 1 atom stereocenters. The van der Waals surface area contributed by atoms with Gasteiger partial charge in [0.15, 0.2) is 9.84 Å². The highest BCUT2D eigenvalue weighted by Gasteiger charge is 2.32. The summed E-state index contributed by atoms with van der Waals surface area (Å²) in [5, 5.41) is 2.78. The van der Waals surface area contributed by atoms with Gasteiger partial charge < -0.3 is 9.88 Å². The summed E-state index contributed by atoms with van der Waals surface area (Å²) in [6.07, 6.45) is 4.30. The third-order valence-electron chi connectivity index (χ3n) is 2.94. The van der Waals surface area contributed by atoms with Crippen molar-refractivity contribution in [3.8, 4) is 0 Å². The molecule has 0 saturated carbocycles. The van der Waals surface area contributed by atoms with Crippen LogP contribution in [0.5, 0.6) is 0 Å². The molecule has 1 fully saturated rings. The summed E-state index contributed by atoms with van der Waals surface area (Å²) in [6.45, 7) is 1.24. The first kappa shape index (κ1) is 12.2. The van der Waals surface area contributed by atoms with Gasteiger partial charge in [-0.3, -0.25) is 4.79 Å². The minimum atomic E-state index is -2.97. The lowest BCUT2D eigenvalue weighted by Crippen LogP contribution is -2.33. The van der Waals surface area contributed by atoms with Crippen LogP contribution in [0, 0.1) is 5.92 Å². The van der Waals surface area contributed by atoms with Gasteiger partial charge in [-0.1, -0.05) is 0 Å². The maximum Gasteiger partial charge on any atom is 0.224 e. The normalized spacial score (nSPS) is 22.5. The third kappa shape index (κ3) is 3.33. The van der Waals surface area contributed by atoms with Crippen LogP contribution >= 0.6 is 0 Å². The van der Waals surface area contributed by atoms with E-state index in [2.05, 4.69) is 5.32 Å². The van der Waals surface area contributed by atoms with Gasteiger partial charge in [0.2, 0.25) is 5.91 Å². The molecule has 1 aromatic rings. The Morgan fingerprint density at radius 1 is 1.35 bits per heavy atom. The van der Waals surface area contributed by atoms with Crippen LogP contribution in [0.1, 0.15) is 6.42 Å². The van der Waals surface area contributed by atoms with Crippen LogP contribution in [0.15, 0.2) is 24.5 Å². The molecule has 1 aliphatic rings. The Labute approximate surface area is 101 Å². The molecule has 0 aliphatic carbocycles. The van der Waals surface area contributed by atoms with Gasteiger partial charge in [-0.2, -0.15) is 0 Å². The molecule has 1 N–H and O–H groups in total. The monoisotopic (exact) mass is 256 g/mol.